The lowest BCUT2D eigenvalue weighted by Gasteiger charge is -2.31. The Morgan fingerprint density at radius 1 is 0.865 bits per heavy atom. The molecule has 1 atom stereocenters. The number of carbonyl (C=O) groups is 2. The lowest BCUT2D eigenvalue weighted by molar-refractivity contribution is -0.141. The van der Waals surface area contributed by atoms with Gasteiger partial charge in [-0.15, -0.1) is 0 Å². The fourth-order valence-corrected chi connectivity index (χ4v) is 4.19. The molecule has 0 aliphatic carbocycles. The Balaban J connectivity index is 1.76. The van der Waals surface area contributed by atoms with Gasteiger partial charge in [-0.3, -0.25) is 9.59 Å². The highest BCUT2D eigenvalue weighted by Crippen LogP contribution is 2.19. The lowest BCUT2D eigenvalue weighted by Crippen LogP contribution is -2.50. The molecule has 7 heteroatoms. The first-order valence-corrected chi connectivity index (χ1v) is 13.5. The molecule has 3 aromatic rings. The molecule has 2 amide bonds. The van der Waals surface area contributed by atoms with Crippen molar-refractivity contribution in [2.45, 2.75) is 51.6 Å². The van der Waals surface area contributed by atoms with Gasteiger partial charge in [0.15, 0.2) is 0 Å². The Morgan fingerprint density at radius 2 is 1.51 bits per heavy atom. The zero-order valence-corrected chi connectivity index (χ0v) is 22.7. The molecule has 0 heterocycles. The van der Waals surface area contributed by atoms with E-state index in [1.54, 1.807) is 41.3 Å². The molecule has 5 nitrogen and oxygen atoms in total. The fourth-order valence-electron chi connectivity index (χ4n) is 3.93. The Hall–Kier alpha value is -3.02. The van der Waals surface area contributed by atoms with Crippen LogP contribution >= 0.6 is 23.2 Å². The second-order valence-corrected chi connectivity index (χ2v) is 9.78. The largest absolute Gasteiger partial charge is 0.494 e. The number of carbonyl (C=O) groups excluding carboxylic acids is 2. The molecule has 1 N–H and O–H groups in total. The van der Waals surface area contributed by atoms with E-state index in [4.69, 9.17) is 27.9 Å². The van der Waals surface area contributed by atoms with Gasteiger partial charge < -0.3 is 15.0 Å². The normalized spacial score (nSPS) is 11.5. The Kier molecular flexibility index (Phi) is 11.8. The molecule has 0 saturated heterocycles. The molecule has 0 fully saturated rings. The van der Waals surface area contributed by atoms with Crippen molar-refractivity contribution >= 4 is 35.0 Å². The maximum Gasteiger partial charge on any atom is 0.243 e. The molecular weight excluding hydrogens is 507 g/mol. The van der Waals surface area contributed by atoms with Gasteiger partial charge >= 0.3 is 0 Å². The van der Waals surface area contributed by atoms with E-state index in [0.717, 1.165) is 24.0 Å². The number of hydrogen-bond acceptors (Lipinski definition) is 3. The van der Waals surface area contributed by atoms with Crippen molar-refractivity contribution in [2.75, 3.05) is 13.2 Å². The minimum absolute atomic E-state index is 0.0961. The Bertz CT molecular complexity index is 1110. The van der Waals surface area contributed by atoms with Crippen LogP contribution in [0.15, 0.2) is 78.9 Å². The SMILES string of the molecule is CCCCNC(=O)[C@H](Cc1ccccc1)N(Cc1ccc(Cl)cc1)C(=O)CCCOc1ccc(Cl)cc1. The molecule has 0 bridgehead atoms. The van der Waals surface area contributed by atoms with E-state index in [1.165, 1.54) is 0 Å². The third kappa shape index (κ3) is 9.75. The van der Waals surface area contributed by atoms with Crippen LogP contribution in [0.1, 0.15) is 43.7 Å². The summed E-state index contributed by atoms with van der Waals surface area (Å²) in [7, 11) is 0. The van der Waals surface area contributed by atoms with Crippen LogP contribution in [0, 0.1) is 0 Å². The van der Waals surface area contributed by atoms with E-state index in [9.17, 15) is 9.59 Å². The van der Waals surface area contributed by atoms with Crippen molar-refractivity contribution in [1.29, 1.82) is 0 Å². The average Bonchev–Trinajstić information content (AvgIpc) is 2.91. The average molecular weight is 542 g/mol. The van der Waals surface area contributed by atoms with Gasteiger partial charge in [-0.2, -0.15) is 0 Å². The third-order valence-electron chi connectivity index (χ3n) is 5.98. The number of unbranched alkanes of at least 4 members (excludes halogenated alkanes) is 1. The van der Waals surface area contributed by atoms with Crippen molar-refractivity contribution < 1.29 is 14.3 Å². The number of amides is 2. The molecule has 3 aromatic carbocycles. The summed E-state index contributed by atoms with van der Waals surface area (Å²) < 4.78 is 5.77. The van der Waals surface area contributed by atoms with Crippen LogP contribution < -0.4 is 10.1 Å². The summed E-state index contributed by atoms with van der Waals surface area (Å²) in [6, 6.07) is 23.7. The van der Waals surface area contributed by atoms with Crippen molar-refractivity contribution in [3.05, 3.63) is 100 Å². The first-order chi connectivity index (χ1) is 18.0. The fraction of sp³-hybridized carbons (Fsp3) is 0.333. The molecule has 0 aliphatic heterocycles. The summed E-state index contributed by atoms with van der Waals surface area (Å²) in [5.41, 5.74) is 1.91. The van der Waals surface area contributed by atoms with E-state index >= 15 is 0 Å². The number of hydrogen-bond donors (Lipinski definition) is 1. The summed E-state index contributed by atoms with van der Waals surface area (Å²) in [5.74, 6) is 0.463. The molecule has 0 spiro atoms. The number of halogens is 2. The summed E-state index contributed by atoms with van der Waals surface area (Å²) in [6.07, 6.45) is 3.07. The van der Waals surface area contributed by atoms with Gasteiger partial charge in [0.1, 0.15) is 11.8 Å². The van der Waals surface area contributed by atoms with E-state index in [0.29, 0.717) is 48.3 Å². The van der Waals surface area contributed by atoms with Gasteiger partial charge in [-0.1, -0.05) is 79.0 Å². The Morgan fingerprint density at radius 3 is 2.16 bits per heavy atom. The highest BCUT2D eigenvalue weighted by Gasteiger charge is 2.30. The highest BCUT2D eigenvalue weighted by atomic mass is 35.5. The van der Waals surface area contributed by atoms with Gasteiger partial charge in [0.25, 0.3) is 0 Å². The van der Waals surface area contributed by atoms with Gasteiger partial charge in [-0.25, -0.2) is 0 Å². The smallest absolute Gasteiger partial charge is 0.243 e. The van der Waals surface area contributed by atoms with Crippen LogP contribution in [-0.4, -0.2) is 35.9 Å². The molecule has 196 valence electrons. The van der Waals surface area contributed by atoms with Crippen LogP contribution in [0.25, 0.3) is 0 Å². The van der Waals surface area contributed by atoms with E-state index in [-0.39, 0.29) is 18.2 Å². The number of benzene rings is 3. The number of nitrogens with one attached hydrogen (secondary N) is 1. The molecular formula is C30H34Cl2N2O3. The Labute approximate surface area is 229 Å². The van der Waals surface area contributed by atoms with Crippen LogP contribution in [0.4, 0.5) is 0 Å². The molecule has 0 aliphatic rings. The zero-order chi connectivity index (χ0) is 26.5. The van der Waals surface area contributed by atoms with Gasteiger partial charge in [0.2, 0.25) is 11.8 Å². The number of ether oxygens (including phenoxy) is 1. The van der Waals surface area contributed by atoms with Crippen molar-refractivity contribution in [1.82, 2.24) is 10.2 Å². The maximum absolute atomic E-state index is 13.6. The zero-order valence-electron chi connectivity index (χ0n) is 21.2. The first-order valence-electron chi connectivity index (χ1n) is 12.7. The van der Waals surface area contributed by atoms with E-state index < -0.39 is 6.04 Å². The van der Waals surface area contributed by atoms with Crippen LogP contribution in [0.2, 0.25) is 10.0 Å². The summed E-state index contributed by atoms with van der Waals surface area (Å²) >= 11 is 12.0. The molecule has 0 unspecified atom stereocenters. The van der Waals surface area contributed by atoms with E-state index in [1.807, 2.05) is 42.5 Å². The molecule has 0 radical (unpaired) electrons. The predicted molar refractivity (Wildman–Crippen MR) is 150 cm³/mol. The van der Waals surface area contributed by atoms with Gasteiger partial charge in [0.05, 0.1) is 6.61 Å². The summed E-state index contributed by atoms with van der Waals surface area (Å²) in [5, 5.41) is 4.30. The van der Waals surface area contributed by atoms with Gasteiger partial charge in [0, 0.05) is 36.0 Å². The summed E-state index contributed by atoms with van der Waals surface area (Å²) in [6.45, 7) is 3.36. The van der Waals surface area contributed by atoms with E-state index in [2.05, 4.69) is 12.2 Å². The summed E-state index contributed by atoms with van der Waals surface area (Å²) in [4.78, 5) is 28.7. The standard InChI is InChI=1S/C30H34Cl2N2O3/c1-2-3-19-33-30(36)28(21-23-8-5-4-6-9-23)34(22-24-11-13-25(31)14-12-24)29(35)10-7-20-37-27-17-15-26(32)16-18-27/h4-6,8-9,11-18,28H,2-3,7,10,19-22H2,1H3,(H,33,36)/t28-/m0/s1. The second-order valence-electron chi connectivity index (χ2n) is 8.90. The number of rotatable bonds is 14. The maximum atomic E-state index is 13.6. The number of nitrogens with zero attached hydrogens (tertiary/aromatic N) is 1. The molecule has 3 rings (SSSR count). The second kappa shape index (κ2) is 15.3. The van der Waals surface area contributed by atoms with Crippen molar-refractivity contribution in [3.8, 4) is 5.75 Å². The minimum Gasteiger partial charge on any atom is -0.494 e. The van der Waals surface area contributed by atoms with Crippen LogP contribution in [0.5, 0.6) is 5.75 Å². The van der Waals surface area contributed by atoms with Crippen molar-refractivity contribution in [2.24, 2.45) is 0 Å². The van der Waals surface area contributed by atoms with Crippen LogP contribution in [-0.2, 0) is 22.6 Å². The monoisotopic (exact) mass is 540 g/mol. The molecule has 37 heavy (non-hydrogen) atoms. The lowest BCUT2D eigenvalue weighted by atomic mass is 10.0. The van der Waals surface area contributed by atoms with Gasteiger partial charge in [-0.05, 0) is 60.4 Å². The minimum atomic E-state index is -0.639. The van der Waals surface area contributed by atoms with Crippen molar-refractivity contribution in [3.63, 3.8) is 0 Å². The first kappa shape index (κ1) is 28.5. The molecule has 0 aromatic heterocycles. The van der Waals surface area contributed by atoms with Crippen LogP contribution in [0.3, 0.4) is 0 Å². The topological polar surface area (TPSA) is 58.6 Å². The highest BCUT2D eigenvalue weighted by molar-refractivity contribution is 6.30. The quantitative estimate of drug-likeness (QED) is 0.231. The molecule has 0 saturated carbocycles. The third-order valence-corrected chi connectivity index (χ3v) is 6.49. The predicted octanol–water partition coefficient (Wildman–Crippen LogP) is 6.71.